The van der Waals surface area contributed by atoms with Gasteiger partial charge in [-0.05, 0) is 12.1 Å². The second-order valence-corrected chi connectivity index (χ2v) is 2.26. The standard InChI is InChI=1S/C8H10N2O3/c1-13-6-3-2-4-9-8(6)10-7(12)5-11/h2-4,11H,5H2,1H3,(H,9,10,12). The number of carbonyl (C=O) groups is 1. The zero-order valence-corrected chi connectivity index (χ0v) is 7.15. The second kappa shape index (κ2) is 4.42. The van der Waals surface area contributed by atoms with Crippen LogP contribution in [0.4, 0.5) is 5.82 Å². The Morgan fingerprint density at radius 1 is 1.77 bits per heavy atom. The quantitative estimate of drug-likeness (QED) is 0.691. The number of pyridine rings is 1. The molecule has 0 saturated carbocycles. The molecule has 0 aliphatic heterocycles. The van der Waals surface area contributed by atoms with Crippen LogP contribution in [0.25, 0.3) is 0 Å². The number of nitrogens with zero attached hydrogens (tertiary/aromatic N) is 1. The molecule has 0 bridgehead atoms. The molecule has 0 aromatic carbocycles. The topological polar surface area (TPSA) is 71.5 Å². The first kappa shape index (κ1) is 9.47. The van der Waals surface area contributed by atoms with Gasteiger partial charge in [0.2, 0.25) is 0 Å². The number of aromatic nitrogens is 1. The average molecular weight is 182 g/mol. The van der Waals surface area contributed by atoms with Gasteiger partial charge in [-0.25, -0.2) is 4.98 Å². The highest BCUT2D eigenvalue weighted by Gasteiger charge is 2.05. The van der Waals surface area contributed by atoms with E-state index in [0.29, 0.717) is 11.6 Å². The Kier molecular flexibility index (Phi) is 3.22. The molecule has 0 radical (unpaired) electrons. The van der Waals surface area contributed by atoms with E-state index in [2.05, 4.69) is 10.3 Å². The molecule has 0 atom stereocenters. The summed E-state index contributed by atoms with van der Waals surface area (Å²) in [5.74, 6) is 0.255. The predicted octanol–water partition coefficient (Wildman–Crippen LogP) is 0.0210. The molecule has 5 heteroatoms. The van der Waals surface area contributed by atoms with Crippen molar-refractivity contribution in [1.82, 2.24) is 4.98 Å². The molecule has 1 amide bonds. The molecule has 1 aromatic heterocycles. The number of hydrogen-bond acceptors (Lipinski definition) is 4. The van der Waals surface area contributed by atoms with Crippen molar-refractivity contribution in [1.29, 1.82) is 0 Å². The van der Waals surface area contributed by atoms with Crippen LogP contribution in [0.5, 0.6) is 5.75 Å². The fourth-order valence-corrected chi connectivity index (χ4v) is 0.821. The van der Waals surface area contributed by atoms with Gasteiger partial charge in [0.15, 0.2) is 11.6 Å². The van der Waals surface area contributed by atoms with Crippen molar-refractivity contribution in [2.75, 3.05) is 19.0 Å². The molecule has 0 unspecified atom stereocenters. The van der Waals surface area contributed by atoms with Gasteiger partial charge in [0, 0.05) is 6.20 Å². The van der Waals surface area contributed by atoms with Crippen molar-refractivity contribution in [2.45, 2.75) is 0 Å². The number of carbonyl (C=O) groups excluding carboxylic acids is 1. The maximum atomic E-state index is 10.8. The summed E-state index contributed by atoms with van der Waals surface area (Å²) >= 11 is 0. The van der Waals surface area contributed by atoms with Crippen molar-refractivity contribution >= 4 is 11.7 Å². The third kappa shape index (κ3) is 2.41. The van der Waals surface area contributed by atoms with E-state index in [1.54, 1.807) is 12.1 Å². The summed E-state index contributed by atoms with van der Waals surface area (Å²) in [6.45, 7) is -0.570. The van der Waals surface area contributed by atoms with Crippen LogP contribution in [0.2, 0.25) is 0 Å². The maximum absolute atomic E-state index is 10.8. The number of methoxy groups -OCH3 is 1. The highest BCUT2D eigenvalue weighted by Crippen LogP contribution is 2.19. The lowest BCUT2D eigenvalue weighted by Gasteiger charge is -2.06. The minimum atomic E-state index is -0.570. The molecular weight excluding hydrogens is 172 g/mol. The Hall–Kier alpha value is -1.62. The summed E-state index contributed by atoms with van der Waals surface area (Å²) in [6.07, 6.45) is 1.52. The van der Waals surface area contributed by atoms with Crippen molar-refractivity contribution in [3.8, 4) is 5.75 Å². The number of amides is 1. The second-order valence-electron chi connectivity index (χ2n) is 2.26. The number of aliphatic hydroxyl groups excluding tert-OH is 1. The Morgan fingerprint density at radius 2 is 2.54 bits per heavy atom. The van der Waals surface area contributed by atoms with Gasteiger partial charge in [0.1, 0.15) is 6.61 Å². The summed E-state index contributed by atoms with van der Waals surface area (Å²) in [7, 11) is 1.48. The normalized spacial score (nSPS) is 9.38. The van der Waals surface area contributed by atoms with E-state index in [1.807, 2.05) is 0 Å². The zero-order valence-electron chi connectivity index (χ0n) is 7.15. The number of anilines is 1. The van der Waals surface area contributed by atoms with Crippen LogP contribution in [0.1, 0.15) is 0 Å². The number of hydrogen-bond donors (Lipinski definition) is 2. The fraction of sp³-hybridized carbons (Fsp3) is 0.250. The number of nitrogens with one attached hydrogen (secondary N) is 1. The first-order chi connectivity index (χ1) is 6.27. The van der Waals surface area contributed by atoms with Gasteiger partial charge >= 0.3 is 0 Å². The summed E-state index contributed by atoms with van der Waals surface area (Å²) < 4.78 is 4.93. The molecule has 5 nitrogen and oxygen atoms in total. The minimum Gasteiger partial charge on any atom is -0.493 e. The van der Waals surface area contributed by atoms with Gasteiger partial charge in [0.05, 0.1) is 7.11 Å². The monoisotopic (exact) mass is 182 g/mol. The molecule has 1 heterocycles. The van der Waals surface area contributed by atoms with Crippen LogP contribution < -0.4 is 10.1 Å². The molecule has 0 fully saturated rings. The van der Waals surface area contributed by atoms with Crippen molar-refractivity contribution in [3.05, 3.63) is 18.3 Å². The lowest BCUT2D eigenvalue weighted by molar-refractivity contribution is -0.118. The van der Waals surface area contributed by atoms with E-state index in [4.69, 9.17) is 9.84 Å². The van der Waals surface area contributed by atoms with Gasteiger partial charge in [-0.15, -0.1) is 0 Å². The Bertz CT molecular complexity index is 301. The molecule has 0 aliphatic carbocycles. The van der Waals surface area contributed by atoms with Gasteiger partial charge in [0.25, 0.3) is 5.91 Å². The lowest BCUT2D eigenvalue weighted by Crippen LogP contribution is -2.16. The number of ether oxygens (including phenoxy) is 1. The molecular formula is C8H10N2O3. The van der Waals surface area contributed by atoms with Gasteiger partial charge in [-0.3, -0.25) is 4.79 Å². The van der Waals surface area contributed by atoms with Crippen LogP contribution in [0.3, 0.4) is 0 Å². The van der Waals surface area contributed by atoms with E-state index < -0.39 is 12.5 Å². The van der Waals surface area contributed by atoms with Crippen LogP contribution in [0.15, 0.2) is 18.3 Å². The van der Waals surface area contributed by atoms with E-state index in [0.717, 1.165) is 0 Å². The largest absolute Gasteiger partial charge is 0.493 e. The molecule has 70 valence electrons. The SMILES string of the molecule is COc1cccnc1NC(=O)CO. The van der Waals surface area contributed by atoms with Gasteiger partial charge < -0.3 is 15.2 Å². The third-order valence-electron chi connectivity index (χ3n) is 1.39. The molecule has 1 aromatic rings. The predicted molar refractivity (Wildman–Crippen MR) is 46.5 cm³/mol. The first-order valence-electron chi connectivity index (χ1n) is 3.67. The van der Waals surface area contributed by atoms with Crippen LogP contribution in [-0.4, -0.2) is 29.7 Å². The van der Waals surface area contributed by atoms with E-state index in [1.165, 1.54) is 13.3 Å². The fourth-order valence-electron chi connectivity index (χ4n) is 0.821. The van der Waals surface area contributed by atoms with E-state index >= 15 is 0 Å². The summed E-state index contributed by atoms with van der Waals surface area (Å²) in [5, 5.41) is 10.9. The number of aliphatic hydroxyl groups is 1. The smallest absolute Gasteiger partial charge is 0.251 e. The molecule has 0 aliphatic rings. The first-order valence-corrected chi connectivity index (χ1v) is 3.67. The summed E-state index contributed by atoms with van der Waals surface area (Å²) in [6, 6.07) is 3.35. The van der Waals surface area contributed by atoms with Gasteiger partial charge in [-0.2, -0.15) is 0 Å². The average Bonchev–Trinajstić information content (AvgIpc) is 2.18. The van der Waals surface area contributed by atoms with Crippen LogP contribution in [0, 0.1) is 0 Å². The van der Waals surface area contributed by atoms with Crippen molar-refractivity contribution in [2.24, 2.45) is 0 Å². The van der Waals surface area contributed by atoms with Crippen molar-refractivity contribution in [3.63, 3.8) is 0 Å². The third-order valence-corrected chi connectivity index (χ3v) is 1.39. The van der Waals surface area contributed by atoms with Crippen LogP contribution >= 0.6 is 0 Å². The molecule has 0 saturated heterocycles. The zero-order chi connectivity index (χ0) is 9.68. The number of rotatable bonds is 3. The summed E-state index contributed by atoms with van der Waals surface area (Å²) in [4.78, 5) is 14.7. The Labute approximate surface area is 75.4 Å². The Morgan fingerprint density at radius 3 is 3.15 bits per heavy atom. The molecule has 0 spiro atoms. The molecule has 2 N–H and O–H groups in total. The summed E-state index contributed by atoms with van der Waals surface area (Å²) in [5.41, 5.74) is 0. The molecule has 1 rings (SSSR count). The molecule has 13 heavy (non-hydrogen) atoms. The maximum Gasteiger partial charge on any atom is 0.251 e. The highest BCUT2D eigenvalue weighted by atomic mass is 16.5. The van der Waals surface area contributed by atoms with Crippen LogP contribution in [-0.2, 0) is 4.79 Å². The van der Waals surface area contributed by atoms with E-state index in [9.17, 15) is 4.79 Å². The van der Waals surface area contributed by atoms with Gasteiger partial charge in [-0.1, -0.05) is 0 Å². The van der Waals surface area contributed by atoms with Crippen molar-refractivity contribution < 1.29 is 14.6 Å². The minimum absolute atomic E-state index is 0.309. The van der Waals surface area contributed by atoms with E-state index in [-0.39, 0.29) is 0 Å². The Balaban J connectivity index is 2.81. The lowest BCUT2D eigenvalue weighted by atomic mass is 10.4. The highest BCUT2D eigenvalue weighted by molar-refractivity contribution is 5.91.